The Morgan fingerprint density at radius 2 is 1.59 bits per heavy atom. The van der Waals surface area contributed by atoms with E-state index < -0.39 is 0 Å². The summed E-state index contributed by atoms with van der Waals surface area (Å²) in [6.07, 6.45) is 1.67. The third kappa shape index (κ3) is 3.36. The zero-order valence-electron chi connectivity index (χ0n) is 15.3. The molecule has 0 fully saturated rings. The van der Waals surface area contributed by atoms with Crippen LogP contribution in [0.25, 0.3) is 22.5 Å². The first-order valence-electron chi connectivity index (χ1n) is 8.97. The second-order valence-corrected chi connectivity index (χ2v) is 6.69. The quantitative estimate of drug-likeness (QED) is 0.448. The van der Waals surface area contributed by atoms with Crippen molar-refractivity contribution in [1.29, 1.82) is 0 Å². The first kappa shape index (κ1) is 17.1. The molecule has 4 aromatic rings. The second kappa shape index (κ2) is 7.12. The van der Waals surface area contributed by atoms with Crippen molar-refractivity contribution in [1.82, 2.24) is 0 Å². The van der Waals surface area contributed by atoms with Crippen LogP contribution in [0.2, 0.25) is 0 Å². The fraction of sp³-hybridized carbons (Fsp3) is 0.125. The van der Waals surface area contributed by atoms with E-state index >= 15 is 0 Å². The fourth-order valence-corrected chi connectivity index (χ4v) is 3.39. The molecule has 0 radical (unpaired) electrons. The van der Waals surface area contributed by atoms with Gasteiger partial charge in [0.15, 0.2) is 0 Å². The summed E-state index contributed by atoms with van der Waals surface area (Å²) < 4.78 is 11.4. The predicted molar refractivity (Wildman–Crippen MR) is 107 cm³/mol. The number of hydrogen-bond acceptors (Lipinski definition) is 3. The first-order valence-corrected chi connectivity index (χ1v) is 8.97. The van der Waals surface area contributed by atoms with Crippen LogP contribution in [0, 0.1) is 6.92 Å². The third-order valence-corrected chi connectivity index (χ3v) is 4.80. The fourth-order valence-electron chi connectivity index (χ4n) is 3.39. The van der Waals surface area contributed by atoms with Gasteiger partial charge in [-0.15, -0.1) is 0 Å². The summed E-state index contributed by atoms with van der Waals surface area (Å²) in [7, 11) is 0. The highest BCUT2D eigenvalue weighted by Crippen LogP contribution is 2.39. The van der Waals surface area contributed by atoms with Gasteiger partial charge < -0.3 is 8.83 Å². The van der Waals surface area contributed by atoms with Crippen LogP contribution in [-0.4, -0.2) is 0 Å². The van der Waals surface area contributed by atoms with Crippen molar-refractivity contribution in [3.8, 4) is 22.5 Å². The average molecular weight is 356 g/mol. The van der Waals surface area contributed by atoms with Crippen molar-refractivity contribution in [3.05, 3.63) is 106 Å². The van der Waals surface area contributed by atoms with Gasteiger partial charge in [0.25, 0.3) is 0 Å². The Hall–Kier alpha value is -3.33. The van der Waals surface area contributed by atoms with Crippen molar-refractivity contribution in [2.45, 2.75) is 19.8 Å². The van der Waals surface area contributed by atoms with Gasteiger partial charge in [0, 0.05) is 23.1 Å². The molecule has 0 aliphatic rings. The van der Waals surface area contributed by atoms with Gasteiger partial charge in [0.05, 0.1) is 6.26 Å². The van der Waals surface area contributed by atoms with E-state index in [4.69, 9.17) is 8.83 Å². The number of aryl methyl sites for hydroxylation is 1. The summed E-state index contributed by atoms with van der Waals surface area (Å²) in [5.41, 5.74) is 4.46. The molecule has 0 bridgehead atoms. The molecule has 0 aliphatic heterocycles. The maximum atomic E-state index is 12.4. The standard InChI is InChI=1S/C24H20O3/c1-16-10-12-19(13-11-16)24-23(17(2)21-9-6-14-26-21)20(15-22(25)27-24)18-7-4-3-5-8-18/h3-15,17H,1-2H3. The summed E-state index contributed by atoms with van der Waals surface area (Å²) >= 11 is 0. The van der Waals surface area contributed by atoms with E-state index in [9.17, 15) is 4.79 Å². The summed E-state index contributed by atoms with van der Waals surface area (Å²) in [5, 5.41) is 0. The molecule has 1 unspecified atom stereocenters. The largest absolute Gasteiger partial charge is 0.469 e. The molecule has 0 saturated carbocycles. The van der Waals surface area contributed by atoms with Gasteiger partial charge in [-0.3, -0.25) is 0 Å². The number of furan rings is 1. The highest BCUT2D eigenvalue weighted by atomic mass is 16.4. The lowest BCUT2D eigenvalue weighted by Gasteiger charge is -2.18. The van der Waals surface area contributed by atoms with Crippen LogP contribution in [0.1, 0.15) is 29.7 Å². The molecule has 2 aromatic heterocycles. The maximum Gasteiger partial charge on any atom is 0.336 e. The van der Waals surface area contributed by atoms with Gasteiger partial charge in [-0.05, 0) is 30.2 Å². The number of rotatable bonds is 4. The van der Waals surface area contributed by atoms with Crippen LogP contribution in [0.15, 0.2) is 92.7 Å². The van der Waals surface area contributed by atoms with Gasteiger partial charge in [-0.25, -0.2) is 4.79 Å². The minimum Gasteiger partial charge on any atom is -0.469 e. The molecule has 0 spiro atoms. The molecule has 1 atom stereocenters. The highest BCUT2D eigenvalue weighted by molar-refractivity contribution is 5.76. The van der Waals surface area contributed by atoms with Gasteiger partial charge in [-0.2, -0.15) is 0 Å². The zero-order chi connectivity index (χ0) is 18.8. The van der Waals surface area contributed by atoms with E-state index in [1.54, 1.807) is 12.3 Å². The van der Waals surface area contributed by atoms with Crippen molar-refractivity contribution in [2.24, 2.45) is 0 Å². The number of hydrogen-bond donors (Lipinski definition) is 0. The lowest BCUT2D eigenvalue weighted by molar-refractivity contribution is 0.482. The maximum absolute atomic E-state index is 12.4. The van der Waals surface area contributed by atoms with Crippen LogP contribution in [0.5, 0.6) is 0 Å². The Morgan fingerprint density at radius 1 is 0.852 bits per heavy atom. The summed E-state index contributed by atoms with van der Waals surface area (Å²) in [4.78, 5) is 12.4. The monoisotopic (exact) mass is 356 g/mol. The molecule has 4 rings (SSSR count). The van der Waals surface area contributed by atoms with E-state index in [-0.39, 0.29) is 11.5 Å². The Bertz CT molecular complexity index is 1090. The summed E-state index contributed by atoms with van der Waals surface area (Å²) in [6.45, 7) is 4.10. The zero-order valence-corrected chi connectivity index (χ0v) is 15.3. The minimum absolute atomic E-state index is 0.0733. The molecule has 0 saturated heterocycles. The molecule has 0 N–H and O–H groups in total. The van der Waals surface area contributed by atoms with Crippen molar-refractivity contribution < 1.29 is 8.83 Å². The SMILES string of the molecule is Cc1ccc(-c2oc(=O)cc(-c3ccccc3)c2C(C)c2ccco2)cc1. The first-order chi connectivity index (χ1) is 13.1. The van der Waals surface area contributed by atoms with E-state index in [1.165, 1.54) is 0 Å². The van der Waals surface area contributed by atoms with Gasteiger partial charge in [0.1, 0.15) is 11.5 Å². The molecule has 2 heterocycles. The smallest absolute Gasteiger partial charge is 0.336 e. The van der Waals surface area contributed by atoms with Crippen molar-refractivity contribution >= 4 is 0 Å². The van der Waals surface area contributed by atoms with Crippen LogP contribution in [0.3, 0.4) is 0 Å². The molecule has 0 amide bonds. The second-order valence-electron chi connectivity index (χ2n) is 6.69. The third-order valence-electron chi connectivity index (χ3n) is 4.80. The van der Waals surface area contributed by atoms with Crippen LogP contribution >= 0.6 is 0 Å². The lowest BCUT2D eigenvalue weighted by Crippen LogP contribution is -2.08. The molecular formula is C24H20O3. The van der Waals surface area contributed by atoms with Gasteiger partial charge in [-0.1, -0.05) is 67.1 Å². The van der Waals surface area contributed by atoms with E-state index in [1.807, 2.05) is 73.7 Å². The molecule has 27 heavy (non-hydrogen) atoms. The molecule has 134 valence electrons. The van der Waals surface area contributed by atoms with E-state index in [0.29, 0.717) is 5.76 Å². The Labute approximate surface area is 157 Å². The molecular weight excluding hydrogens is 336 g/mol. The van der Waals surface area contributed by atoms with E-state index in [0.717, 1.165) is 33.6 Å². The molecule has 3 nitrogen and oxygen atoms in total. The highest BCUT2D eigenvalue weighted by Gasteiger charge is 2.24. The topological polar surface area (TPSA) is 43.4 Å². The van der Waals surface area contributed by atoms with Gasteiger partial charge in [0.2, 0.25) is 0 Å². The predicted octanol–water partition coefficient (Wildman–Crippen LogP) is 6.03. The molecule has 3 heteroatoms. The minimum atomic E-state index is -0.361. The van der Waals surface area contributed by atoms with Crippen molar-refractivity contribution in [3.63, 3.8) is 0 Å². The Balaban J connectivity index is 2.02. The summed E-state index contributed by atoms with van der Waals surface area (Å²) in [5.74, 6) is 1.34. The molecule has 2 aromatic carbocycles. The van der Waals surface area contributed by atoms with Crippen LogP contribution in [0.4, 0.5) is 0 Å². The average Bonchev–Trinajstić information content (AvgIpc) is 3.23. The Kier molecular flexibility index (Phi) is 4.51. The Morgan fingerprint density at radius 3 is 2.26 bits per heavy atom. The number of benzene rings is 2. The van der Waals surface area contributed by atoms with Crippen LogP contribution in [-0.2, 0) is 0 Å². The molecule has 0 aliphatic carbocycles. The normalized spacial score (nSPS) is 12.1. The summed E-state index contributed by atoms with van der Waals surface area (Å²) in [6, 6.07) is 23.3. The van der Waals surface area contributed by atoms with E-state index in [2.05, 4.69) is 6.92 Å². The van der Waals surface area contributed by atoms with Gasteiger partial charge >= 0.3 is 5.63 Å². The van der Waals surface area contributed by atoms with Crippen molar-refractivity contribution in [2.75, 3.05) is 0 Å². The lowest BCUT2D eigenvalue weighted by atomic mass is 9.88. The van der Waals surface area contributed by atoms with Crippen LogP contribution < -0.4 is 5.63 Å².